The minimum Gasteiger partial charge on any atom is -0.478 e. The molecule has 0 radical (unpaired) electrons. The smallest absolute Gasteiger partial charge is 0.337 e. The predicted octanol–water partition coefficient (Wildman–Crippen LogP) is 2.87. The first-order valence-electron chi connectivity index (χ1n) is 7.76. The third kappa shape index (κ3) is 3.80. The second-order valence-electron chi connectivity index (χ2n) is 5.60. The number of anilines is 1. The van der Waals surface area contributed by atoms with Crippen molar-refractivity contribution in [3.05, 3.63) is 52.7 Å². The van der Waals surface area contributed by atoms with Crippen molar-refractivity contribution in [1.82, 2.24) is 4.98 Å². The zero-order chi connectivity index (χ0) is 17.8. The average molecular weight is 353 g/mol. The summed E-state index contributed by atoms with van der Waals surface area (Å²) in [6, 6.07) is 10.2. The maximum Gasteiger partial charge on any atom is 0.337 e. The number of pyridine rings is 1. The molecule has 1 aromatic carbocycles. The highest BCUT2D eigenvalue weighted by Gasteiger charge is 2.18. The number of aryl methyl sites for hydroxylation is 2. The summed E-state index contributed by atoms with van der Waals surface area (Å²) in [6.45, 7) is 0. The van der Waals surface area contributed by atoms with Crippen LogP contribution < -0.4 is 5.32 Å². The molecule has 25 heavy (non-hydrogen) atoms. The number of hydrogen-bond donors (Lipinski definition) is 2. The van der Waals surface area contributed by atoms with E-state index in [-0.39, 0.29) is 22.9 Å². The van der Waals surface area contributed by atoms with Gasteiger partial charge in [0, 0.05) is 5.69 Å². The van der Waals surface area contributed by atoms with Crippen LogP contribution in [0.25, 0.3) is 0 Å². The molecule has 0 unspecified atom stereocenters. The number of aromatic nitrogens is 1. The summed E-state index contributed by atoms with van der Waals surface area (Å²) in [5.74, 6) is -1.39. The zero-order valence-electron chi connectivity index (χ0n) is 13.3. The van der Waals surface area contributed by atoms with Crippen molar-refractivity contribution < 1.29 is 14.7 Å². The number of thioether (sulfide) groups is 1. The van der Waals surface area contributed by atoms with Crippen LogP contribution >= 0.6 is 11.8 Å². The van der Waals surface area contributed by atoms with E-state index in [0.29, 0.717) is 10.6 Å². The number of para-hydroxylation sites is 1. The van der Waals surface area contributed by atoms with Crippen molar-refractivity contribution in [1.29, 1.82) is 5.26 Å². The van der Waals surface area contributed by atoms with Crippen LogP contribution in [0.1, 0.15) is 33.6 Å². The van der Waals surface area contributed by atoms with Gasteiger partial charge in [-0.3, -0.25) is 4.79 Å². The summed E-state index contributed by atoms with van der Waals surface area (Å²) in [7, 11) is 0. The molecule has 1 aromatic heterocycles. The van der Waals surface area contributed by atoms with Crippen molar-refractivity contribution in [2.75, 3.05) is 11.1 Å². The number of carbonyl (C=O) groups excluding carboxylic acids is 1. The van der Waals surface area contributed by atoms with Gasteiger partial charge in [0.1, 0.15) is 11.1 Å². The standard InChI is InChI=1S/C18H15N3O3S/c19-9-12-8-11-4-3-7-14(11)21-17(12)25-10-16(22)20-15-6-2-1-5-13(15)18(23)24/h1-2,5-6,8H,3-4,7,10H2,(H,20,22)(H,23,24). The Labute approximate surface area is 148 Å². The Kier molecular flexibility index (Phi) is 5.00. The third-order valence-corrected chi connectivity index (χ3v) is 4.90. The monoisotopic (exact) mass is 353 g/mol. The second-order valence-corrected chi connectivity index (χ2v) is 6.56. The molecule has 0 aliphatic heterocycles. The summed E-state index contributed by atoms with van der Waals surface area (Å²) in [5.41, 5.74) is 2.88. The minimum absolute atomic E-state index is 0.0363. The number of benzene rings is 1. The number of rotatable bonds is 5. The van der Waals surface area contributed by atoms with E-state index >= 15 is 0 Å². The van der Waals surface area contributed by atoms with E-state index < -0.39 is 5.97 Å². The Bertz CT molecular complexity index is 890. The first-order valence-corrected chi connectivity index (χ1v) is 8.75. The fraction of sp³-hybridized carbons (Fsp3) is 0.222. The van der Waals surface area contributed by atoms with E-state index in [2.05, 4.69) is 16.4 Å². The highest BCUT2D eigenvalue weighted by Crippen LogP contribution is 2.28. The predicted molar refractivity (Wildman–Crippen MR) is 93.7 cm³/mol. The topological polar surface area (TPSA) is 103 Å². The average Bonchev–Trinajstić information content (AvgIpc) is 3.06. The van der Waals surface area contributed by atoms with Gasteiger partial charge in [-0.15, -0.1) is 0 Å². The minimum atomic E-state index is -1.10. The van der Waals surface area contributed by atoms with E-state index in [1.165, 1.54) is 17.8 Å². The molecule has 0 saturated carbocycles. The third-order valence-electron chi connectivity index (χ3n) is 3.91. The number of aromatic carboxylic acids is 1. The molecule has 7 heteroatoms. The van der Waals surface area contributed by atoms with Gasteiger partial charge in [0.2, 0.25) is 5.91 Å². The van der Waals surface area contributed by atoms with E-state index in [1.54, 1.807) is 18.2 Å². The Balaban J connectivity index is 1.70. The molecule has 0 fully saturated rings. The Morgan fingerprint density at radius 3 is 2.88 bits per heavy atom. The van der Waals surface area contributed by atoms with Crippen molar-refractivity contribution in [3.63, 3.8) is 0 Å². The lowest BCUT2D eigenvalue weighted by Crippen LogP contribution is -2.16. The van der Waals surface area contributed by atoms with Crippen LogP contribution in [-0.4, -0.2) is 27.7 Å². The van der Waals surface area contributed by atoms with Gasteiger partial charge in [-0.05, 0) is 43.0 Å². The van der Waals surface area contributed by atoms with Crippen LogP contribution in [0.5, 0.6) is 0 Å². The summed E-state index contributed by atoms with van der Waals surface area (Å²) in [6.07, 6.45) is 2.87. The normalized spacial score (nSPS) is 12.3. The molecule has 0 saturated heterocycles. The number of amides is 1. The van der Waals surface area contributed by atoms with Crippen LogP contribution in [0.3, 0.4) is 0 Å². The van der Waals surface area contributed by atoms with Crippen LogP contribution in [-0.2, 0) is 17.6 Å². The lowest BCUT2D eigenvalue weighted by Gasteiger charge is -2.09. The molecule has 0 spiro atoms. The maximum atomic E-state index is 12.2. The van der Waals surface area contributed by atoms with Crippen molar-refractivity contribution in [2.24, 2.45) is 0 Å². The first kappa shape index (κ1) is 17.0. The molecule has 2 N–H and O–H groups in total. The number of carboxylic acid groups (broad SMARTS) is 1. The van der Waals surface area contributed by atoms with Crippen LogP contribution in [0.4, 0.5) is 5.69 Å². The van der Waals surface area contributed by atoms with Gasteiger partial charge in [0.05, 0.1) is 22.6 Å². The summed E-state index contributed by atoms with van der Waals surface area (Å²) >= 11 is 1.19. The van der Waals surface area contributed by atoms with Crippen molar-refractivity contribution in [3.8, 4) is 6.07 Å². The van der Waals surface area contributed by atoms with Gasteiger partial charge in [0.25, 0.3) is 0 Å². The number of nitrogens with one attached hydrogen (secondary N) is 1. The number of carbonyl (C=O) groups is 2. The highest BCUT2D eigenvalue weighted by molar-refractivity contribution is 8.00. The van der Waals surface area contributed by atoms with Gasteiger partial charge >= 0.3 is 5.97 Å². The molecule has 1 heterocycles. The Hall–Kier alpha value is -2.85. The van der Waals surface area contributed by atoms with Crippen molar-refractivity contribution in [2.45, 2.75) is 24.3 Å². The SMILES string of the molecule is N#Cc1cc2c(nc1SCC(=O)Nc1ccccc1C(=O)O)CCC2. The van der Waals surface area contributed by atoms with Crippen LogP contribution in [0.2, 0.25) is 0 Å². The van der Waals surface area contributed by atoms with Crippen molar-refractivity contribution >= 4 is 29.3 Å². The fourth-order valence-electron chi connectivity index (χ4n) is 2.74. The van der Waals surface area contributed by atoms with E-state index in [4.69, 9.17) is 5.11 Å². The largest absolute Gasteiger partial charge is 0.478 e. The molecule has 1 aliphatic rings. The molecule has 0 bridgehead atoms. The molecular formula is C18H15N3O3S. The molecule has 2 aromatic rings. The summed E-state index contributed by atoms with van der Waals surface area (Å²) in [4.78, 5) is 27.8. The molecule has 1 aliphatic carbocycles. The molecule has 6 nitrogen and oxygen atoms in total. The summed E-state index contributed by atoms with van der Waals surface area (Å²) in [5, 5.41) is 21.6. The van der Waals surface area contributed by atoms with Crippen LogP contribution in [0, 0.1) is 11.3 Å². The Morgan fingerprint density at radius 1 is 1.32 bits per heavy atom. The quantitative estimate of drug-likeness (QED) is 0.801. The summed E-state index contributed by atoms with van der Waals surface area (Å²) < 4.78 is 0. The van der Waals surface area contributed by atoms with E-state index in [1.807, 2.05) is 6.07 Å². The number of nitrogens with zero attached hydrogens (tertiary/aromatic N) is 2. The lowest BCUT2D eigenvalue weighted by atomic mass is 10.2. The second kappa shape index (κ2) is 7.36. The van der Waals surface area contributed by atoms with Gasteiger partial charge in [-0.1, -0.05) is 23.9 Å². The van der Waals surface area contributed by atoms with Gasteiger partial charge < -0.3 is 10.4 Å². The number of nitriles is 1. The van der Waals surface area contributed by atoms with Gasteiger partial charge in [-0.2, -0.15) is 5.26 Å². The van der Waals surface area contributed by atoms with Gasteiger partial charge in [-0.25, -0.2) is 9.78 Å². The van der Waals surface area contributed by atoms with Crippen LogP contribution in [0.15, 0.2) is 35.4 Å². The van der Waals surface area contributed by atoms with E-state index in [9.17, 15) is 14.9 Å². The number of fused-ring (bicyclic) bond motifs is 1. The fourth-order valence-corrected chi connectivity index (χ4v) is 3.52. The Morgan fingerprint density at radius 2 is 2.12 bits per heavy atom. The maximum absolute atomic E-state index is 12.2. The zero-order valence-corrected chi connectivity index (χ0v) is 14.1. The lowest BCUT2D eigenvalue weighted by molar-refractivity contribution is -0.113. The molecular weight excluding hydrogens is 338 g/mol. The molecule has 3 rings (SSSR count). The number of carboxylic acids is 1. The molecule has 0 atom stereocenters. The number of hydrogen-bond acceptors (Lipinski definition) is 5. The van der Waals surface area contributed by atoms with E-state index in [0.717, 1.165) is 30.5 Å². The molecule has 126 valence electrons. The highest BCUT2D eigenvalue weighted by atomic mass is 32.2. The van der Waals surface area contributed by atoms with Gasteiger partial charge in [0.15, 0.2) is 0 Å². The molecule has 1 amide bonds. The first-order chi connectivity index (χ1) is 12.1.